The van der Waals surface area contributed by atoms with Gasteiger partial charge in [-0.1, -0.05) is 17.7 Å². The molecule has 0 spiro atoms. The van der Waals surface area contributed by atoms with E-state index >= 15 is 0 Å². The first-order chi connectivity index (χ1) is 13.5. The molecule has 0 radical (unpaired) electrons. The van der Waals surface area contributed by atoms with Crippen molar-refractivity contribution in [3.63, 3.8) is 0 Å². The Hall–Kier alpha value is -2.50. The highest BCUT2D eigenvalue weighted by atomic mass is 35.5. The van der Waals surface area contributed by atoms with E-state index in [1.807, 2.05) is 24.4 Å². The summed E-state index contributed by atoms with van der Waals surface area (Å²) >= 11 is 6.17. The lowest BCUT2D eigenvalue weighted by molar-refractivity contribution is 0.374. The molecule has 4 N–H and O–H groups in total. The van der Waals surface area contributed by atoms with E-state index in [1.165, 1.54) is 7.11 Å². The van der Waals surface area contributed by atoms with Crippen LogP contribution in [-0.2, 0) is 0 Å². The molecule has 0 amide bonds. The number of halogens is 1. The molecule has 0 unspecified atom stereocenters. The number of ether oxygens (including phenoxy) is 1. The topological polar surface area (TPSA) is 80.4 Å². The van der Waals surface area contributed by atoms with Crippen molar-refractivity contribution >= 4 is 28.2 Å². The van der Waals surface area contributed by atoms with Gasteiger partial charge in [-0.3, -0.25) is 4.98 Å². The summed E-state index contributed by atoms with van der Waals surface area (Å²) in [5, 5.41) is 15.0. The minimum atomic E-state index is -0.0479. The van der Waals surface area contributed by atoms with Gasteiger partial charge in [-0.05, 0) is 67.1 Å². The third-order valence-electron chi connectivity index (χ3n) is 5.45. The van der Waals surface area contributed by atoms with E-state index in [9.17, 15) is 5.11 Å². The molecule has 1 fully saturated rings. The number of aromatic nitrogens is 1. The molecule has 2 aromatic carbocycles. The van der Waals surface area contributed by atoms with Crippen molar-refractivity contribution < 1.29 is 9.84 Å². The first-order valence-electron chi connectivity index (χ1n) is 9.53. The number of fused-ring (bicyclic) bond motifs is 1. The van der Waals surface area contributed by atoms with Crippen molar-refractivity contribution in [2.45, 2.75) is 37.8 Å². The molecule has 1 saturated carbocycles. The minimum absolute atomic E-state index is 0.0479. The fraction of sp³-hybridized carbons (Fsp3) is 0.318. The third-order valence-corrected chi connectivity index (χ3v) is 5.74. The van der Waals surface area contributed by atoms with E-state index in [0.717, 1.165) is 53.4 Å². The summed E-state index contributed by atoms with van der Waals surface area (Å²) in [5.41, 5.74) is 9.89. The Balaban J connectivity index is 1.71. The number of pyridine rings is 1. The molecule has 1 aromatic heterocycles. The average molecular weight is 398 g/mol. The zero-order chi connectivity index (χ0) is 19.7. The highest BCUT2D eigenvalue weighted by Gasteiger charge is 2.19. The van der Waals surface area contributed by atoms with Gasteiger partial charge in [0.15, 0.2) is 11.5 Å². The molecule has 6 heteroatoms. The maximum Gasteiger partial charge on any atom is 0.176 e. The molecular weight excluding hydrogens is 374 g/mol. The van der Waals surface area contributed by atoms with Crippen LogP contribution in [0.5, 0.6) is 11.5 Å². The number of rotatable bonds is 4. The summed E-state index contributed by atoms with van der Waals surface area (Å²) in [7, 11) is 1.51. The van der Waals surface area contributed by atoms with Crippen LogP contribution in [0.15, 0.2) is 42.6 Å². The third kappa shape index (κ3) is 3.73. The number of anilines is 1. The van der Waals surface area contributed by atoms with Gasteiger partial charge in [0.1, 0.15) is 0 Å². The predicted molar refractivity (Wildman–Crippen MR) is 114 cm³/mol. The lowest BCUT2D eigenvalue weighted by Gasteiger charge is -2.28. The van der Waals surface area contributed by atoms with Crippen molar-refractivity contribution in [2.24, 2.45) is 5.73 Å². The minimum Gasteiger partial charge on any atom is -0.503 e. The number of nitrogens with one attached hydrogen (secondary N) is 1. The zero-order valence-electron chi connectivity index (χ0n) is 15.8. The molecule has 0 bridgehead atoms. The number of hydrogen-bond donors (Lipinski definition) is 3. The van der Waals surface area contributed by atoms with Gasteiger partial charge in [-0.2, -0.15) is 0 Å². The number of phenols is 1. The molecule has 0 atom stereocenters. The molecule has 3 aromatic rings. The highest BCUT2D eigenvalue weighted by Crippen LogP contribution is 2.39. The Labute approximate surface area is 169 Å². The summed E-state index contributed by atoms with van der Waals surface area (Å²) in [5.74, 6) is 0.305. The molecular formula is C22H24ClN3O2. The van der Waals surface area contributed by atoms with E-state index in [0.29, 0.717) is 17.8 Å². The Kier molecular flexibility index (Phi) is 5.29. The number of nitrogens with two attached hydrogens (primary N) is 1. The van der Waals surface area contributed by atoms with Crippen LogP contribution >= 0.6 is 11.6 Å². The van der Waals surface area contributed by atoms with Crippen LogP contribution in [0, 0.1) is 0 Å². The summed E-state index contributed by atoms with van der Waals surface area (Å²) in [6.07, 6.45) is 6.10. The summed E-state index contributed by atoms with van der Waals surface area (Å²) < 4.78 is 5.24. The first-order valence-corrected chi connectivity index (χ1v) is 9.90. The second-order valence-corrected chi connectivity index (χ2v) is 7.76. The lowest BCUT2D eigenvalue weighted by Crippen LogP contribution is -2.32. The van der Waals surface area contributed by atoms with Crippen LogP contribution in [0.1, 0.15) is 25.7 Å². The van der Waals surface area contributed by atoms with Crippen LogP contribution in [0.25, 0.3) is 22.0 Å². The second kappa shape index (κ2) is 7.86. The van der Waals surface area contributed by atoms with Crippen LogP contribution in [0.4, 0.5) is 5.69 Å². The standard InChI is InChI=1S/C22H24ClN3O2/c1-28-21-12-14(11-18(23)22(21)27)13-2-7-19-17(10-13)20(8-9-25-19)26-16-5-3-15(24)4-6-16/h2,7-12,15-16,27H,3-6,24H2,1H3,(H,25,26). The lowest BCUT2D eigenvalue weighted by atomic mass is 9.91. The van der Waals surface area contributed by atoms with Gasteiger partial charge in [0.05, 0.1) is 17.6 Å². The fourth-order valence-corrected chi connectivity index (χ4v) is 4.04. The predicted octanol–water partition coefficient (Wildman–Crippen LogP) is 4.95. The van der Waals surface area contributed by atoms with Crippen LogP contribution in [-0.4, -0.2) is 29.3 Å². The largest absolute Gasteiger partial charge is 0.503 e. The van der Waals surface area contributed by atoms with Crippen molar-refractivity contribution in [3.05, 3.63) is 47.6 Å². The molecule has 4 rings (SSSR count). The molecule has 1 heterocycles. The van der Waals surface area contributed by atoms with Gasteiger partial charge >= 0.3 is 0 Å². The molecule has 0 saturated heterocycles. The average Bonchev–Trinajstić information content (AvgIpc) is 2.71. The van der Waals surface area contributed by atoms with E-state index in [2.05, 4.69) is 16.4 Å². The normalized spacial score (nSPS) is 19.5. The Bertz CT molecular complexity index is 1000. The van der Waals surface area contributed by atoms with E-state index in [1.54, 1.807) is 12.1 Å². The van der Waals surface area contributed by atoms with Gasteiger partial charge in [0.2, 0.25) is 0 Å². The number of aromatic hydroxyl groups is 1. The first kappa shape index (κ1) is 18.8. The SMILES string of the molecule is COc1cc(-c2ccc3nccc(NC4CCC(N)CC4)c3c2)cc(Cl)c1O. The van der Waals surface area contributed by atoms with Crippen LogP contribution < -0.4 is 15.8 Å². The van der Waals surface area contributed by atoms with Crippen molar-refractivity contribution in [3.8, 4) is 22.6 Å². The van der Waals surface area contributed by atoms with Crippen molar-refractivity contribution in [1.29, 1.82) is 0 Å². The van der Waals surface area contributed by atoms with E-state index in [4.69, 9.17) is 22.1 Å². The van der Waals surface area contributed by atoms with Gasteiger partial charge < -0.3 is 20.9 Å². The molecule has 1 aliphatic carbocycles. The molecule has 1 aliphatic rings. The zero-order valence-corrected chi connectivity index (χ0v) is 16.5. The van der Waals surface area contributed by atoms with Crippen LogP contribution in [0.2, 0.25) is 5.02 Å². The van der Waals surface area contributed by atoms with Gasteiger partial charge in [-0.25, -0.2) is 0 Å². The van der Waals surface area contributed by atoms with Crippen LogP contribution in [0.3, 0.4) is 0 Å². The van der Waals surface area contributed by atoms with E-state index in [-0.39, 0.29) is 10.8 Å². The van der Waals surface area contributed by atoms with E-state index < -0.39 is 0 Å². The highest BCUT2D eigenvalue weighted by molar-refractivity contribution is 6.32. The van der Waals surface area contributed by atoms with Gasteiger partial charge in [0, 0.05) is 29.4 Å². The second-order valence-electron chi connectivity index (χ2n) is 7.36. The Morgan fingerprint density at radius 2 is 1.89 bits per heavy atom. The van der Waals surface area contributed by atoms with Crippen molar-refractivity contribution in [1.82, 2.24) is 4.98 Å². The number of phenolic OH excluding ortho intramolecular Hbond substituents is 1. The molecule has 5 nitrogen and oxygen atoms in total. The monoisotopic (exact) mass is 397 g/mol. The summed E-state index contributed by atoms with van der Waals surface area (Å²) in [6.45, 7) is 0. The maximum atomic E-state index is 10.00. The summed E-state index contributed by atoms with van der Waals surface area (Å²) in [6, 6.07) is 12.4. The smallest absolute Gasteiger partial charge is 0.176 e. The molecule has 146 valence electrons. The fourth-order valence-electron chi connectivity index (χ4n) is 3.83. The van der Waals surface area contributed by atoms with Crippen molar-refractivity contribution in [2.75, 3.05) is 12.4 Å². The molecule has 0 aliphatic heterocycles. The molecule has 28 heavy (non-hydrogen) atoms. The van der Waals surface area contributed by atoms with Gasteiger partial charge in [-0.15, -0.1) is 0 Å². The Morgan fingerprint density at radius 3 is 2.64 bits per heavy atom. The number of benzene rings is 2. The van der Waals surface area contributed by atoms with Gasteiger partial charge in [0.25, 0.3) is 0 Å². The Morgan fingerprint density at radius 1 is 1.11 bits per heavy atom. The summed E-state index contributed by atoms with van der Waals surface area (Å²) in [4.78, 5) is 4.50. The maximum absolute atomic E-state index is 10.00. The quantitative estimate of drug-likeness (QED) is 0.580. The number of methoxy groups -OCH3 is 1. The number of nitrogens with zero attached hydrogens (tertiary/aromatic N) is 1. The number of hydrogen-bond acceptors (Lipinski definition) is 5.